The molecular formula is C18H18N4O4. The van der Waals surface area contributed by atoms with Crippen molar-refractivity contribution in [3.05, 3.63) is 42.1 Å². The average Bonchev–Trinajstić information content (AvgIpc) is 2.66. The van der Waals surface area contributed by atoms with Gasteiger partial charge in [-0.15, -0.1) is 0 Å². The van der Waals surface area contributed by atoms with E-state index in [4.69, 9.17) is 20.0 Å². The van der Waals surface area contributed by atoms with Crippen molar-refractivity contribution < 1.29 is 19.1 Å². The van der Waals surface area contributed by atoms with Gasteiger partial charge in [0, 0.05) is 19.3 Å². The second-order valence-corrected chi connectivity index (χ2v) is 5.40. The normalized spacial score (nSPS) is 15.8. The number of nitriles is 2. The molecular weight excluding hydrogens is 336 g/mol. The maximum absolute atomic E-state index is 12.0. The van der Waals surface area contributed by atoms with Gasteiger partial charge in [0.2, 0.25) is 5.91 Å². The van der Waals surface area contributed by atoms with Gasteiger partial charge in [0.1, 0.15) is 42.7 Å². The number of para-hydroxylation sites is 1. The Morgan fingerprint density at radius 2 is 2.00 bits per heavy atom. The van der Waals surface area contributed by atoms with Crippen LogP contribution in [-0.2, 0) is 14.3 Å². The fourth-order valence-corrected chi connectivity index (χ4v) is 2.39. The first-order valence-corrected chi connectivity index (χ1v) is 8.03. The van der Waals surface area contributed by atoms with E-state index in [1.165, 1.54) is 11.1 Å². The Labute approximate surface area is 151 Å². The van der Waals surface area contributed by atoms with Crippen molar-refractivity contribution in [3.8, 4) is 17.9 Å². The van der Waals surface area contributed by atoms with Crippen molar-refractivity contribution in [2.45, 2.75) is 12.5 Å². The topological polar surface area (TPSA) is 115 Å². The number of rotatable bonds is 7. The second kappa shape index (κ2) is 9.70. The zero-order chi connectivity index (χ0) is 18.8. The lowest BCUT2D eigenvalue weighted by molar-refractivity contribution is -0.148. The first-order chi connectivity index (χ1) is 12.6. The number of hydrogen-bond acceptors (Lipinski definition) is 7. The maximum atomic E-state index is 12.0. The van der Waals surface area contributed by atoms with Crippen LogP contribution in [0.5, 0.6) is 5.75 Å². The van der Waals surface area contributed by atoms with Crippen LogP contribution in [0.3, 0.4) is 0 Å². The fraction of sp³-hybridized carbons (Fsp3) is 0.333. The molecule has 1 aromatic carbocycles. The molecule has 0 radical (unpaired) electrons. The summed E-state index contributed by atoms with van der Waals surface area (Å²) in [6.07, 6.45) is 1.12. The van der Waals surface area contributed by atoms with Gasteiger partial charge < -0.3 is 19.7 Å². The Morgan fingerprint density at radius 3 is 2.69 bits per heavy atom. The van der Waals surface area contributed by atoms with Gasteiger partial charge in [0.05, 0.1) is 6.42 Å². The summed E-state index contributed by atoms with van der Waals surface area (Å²) in [6, 6.07) is 11.8. The van der Waals surface area contributed by atoms with Crippen LogP contribution < -0.4 is 10.1 Å². The highest BCUT2D eigenvalue weighted by Gasteiger charge is 2.30. The third-order valence-corrected chi connectivity index (χ3v) is 3.63. The smallest absolute Gasteiger partial charge is 0.308 e. The molecule has 1 amide bonds. The number of nitrogens with zero attached hydrogens (tertiary/aromatic N) is 3. The minimum atomic E-state index is -0.817. The van der Waals surface area contributed by atoms with Crippen molar-refractivity contribution >= 4 is 11.9 Å². The summed E-state index contributed by atoms with van der Waals surface area (Å²) in [5, 5.41) is 20.4. The summed E-state index contributed by atoms with van der Waals surface area (Å²) in [5.74, 6) is -0.232. The summed E-state index contributed by atoms with van der Waals surface area (Å²) in [6.45, 7) is 1.02. The third-order valence-electron chi connectivity index (χ3n) is 3.63. The minimum Gasteiger partial charge on any atom is -0.490 e. The van der Waals surface area contributed by atoms with E-state index < -0.39 is 12.0 Å². The van der Waals surface area contributed by atoms with E-state index in [9.17, 15) is 9.59 Å². The number of benzene rings is 1. The van der Waals surface area contributed by atoms with Gasteiger partial charge >= 0.3 is 5.97 Å². The number of ether oxygens (including phenoxy) is 2. The monoisotopic (exact) mass is 354 g/mol. The summed E-state index contributed by atoms with van der Waals surface area (Å²) < 4.78 is 10.5. The molecule has 1 fully saturated rings. The first kappa shape index (κ1) is 18.8. The van der Waals surface area contributed by atoms with E-state index in [-0.39, 0.29) is 31.1 Å². The molecule has 1 saturated heterocycles. The molecule has 26 heavy (non-hydrogen) atoms. The van der Waals surface area contributed by atoms with Crippen molar-refractivity contribution in [1.82, 2.24) is 10.2 Å². The lowest BCUT2D eigenvalue weighted by atomic mass is 10.1. The molecule has 0 bridgehead atoms. The van der Waals surface area contributed by atoms with Gasteiger partial charge in [-0.05, 0) is 12.1 Å². The van der Waals surface area contributed by atoms with Gasteiger partial charge in [-0.25, -0.2) is 0 Å². The fourth-order valence-electron chi connectivity index (χ4n) is 2.39. The average molecular weight is 354 g/mol. The Morgan fingerprint density at radius 1 is 1.27 bits per heavy atom. The molecule has 2 rings (SSSR count). The van der Waals surface area contributed by atoms with Crippen molar-refractivity contribution in [3.63, 3.8) is 0 Å². The Kier molecular flexibility index (Phi) is 7.02. The molecule has 0 spiro atoms. The number of carbonyl (C=O) groups is 2. The molecule has 8 nitrogen and oxygen atoms in total. The van der Waals surface area contributed by atoms with Gasteiger partial charge in [0.15, 0.2) is 0 Å². The maximum Gasteiger partial charge on any atom is 0.308 e. The number of allylic oxidation sites excluding steroid dienone is 1. The lowest BCUT2D eigenvalue weighted by Gasteiger charge is -2.33. The van der Waals surface area contributed by atoms with Crippen LogP contribution in [0.1, 0.15) is 6.42 Å². The predicted molar refractivity (Wildman–Crippen MR) is 90.3 cm³/mol. The molecule has 1 aromatic rings. The van der Waals surface area contributed by atoms with E-state index in [0.29, 0.717) is 18.8 Å². The van der Waals surface area contributed by atoms with E-state index in [2.05, 4.69) is 5.32 Å². The molecule has 0 aliphatic carbocycles. The second-order valence-electron chi connectivity index (χ2n) is 5.40. The summed E-state index contributed by atoms with van der Waals surface area (Å²) in [4.78, 5) is 25.6. The highest BCUT2D eigenvalue weighted by molar-refractivity contribution is 5.87. The third kappa shape index (κ3) is 5.53. The molecule has 1 aliphatic rings. The Hall–Kier alpha value is -3.52. The molecule has 0 aromatic heterocycles. The van der Waals surface area contributed by atoms with E-state index in [1.54, 1.807) is 24.3 Å². The molecule has 1 aliphatic heterocycles. The molecule has 1 atom stereocenters. The van der Waals surface area contributed by atoms with Crippen LogP contribution in [0.15, 0.2) is 42.1 Å². The van der Waals surface area contributed by atoms with Crippen molar-refractivity contribution in [1.29, 1.82) is 10.5 Å². The number of hydrogen-bond donors (Lipinski definition) is 1. The van der Waals surface area contributed by atoms with E-state index in [1.807, 2.05) is 18.2 Å². The SMILES string of the molecule is N#CC(C#N)=CN1CCNC(=O)C1CC(=O)OCCOc1ccccc1. The van der Waals surface area contributed by atoms with Gasteiger partial charge in [0.25, 0.3) is 0 Å². The van der Waals surface area contributed by atoms with Crippen LogP contribution in [-0.4, -0.2) is 49.1 Å². The Bertz CT molecular complexity index is 733. The van der Waals surface area contributed by atoms with Crippen molar-refractivity contribution in [2.75, 3.05) is 26.3 Å². The van der Waals surface area contributed by atoms with Crippen LogP contribution in [0.25, 0.3) is 0 Å². The minimum absolute atomic E-state index is 0.0551. The molecule has 1 unspecified atom stereocenters. The van der Waals surface area contributed by atoms with Gasteiger partial charge in [-0.2, -0.15) is 10.5 Å². The van der Waals surface area contributed by atoms with Crippen LogP contribution in [0.2, 0.25) is 0 Å². The predicted octanol–water partition coefficient (Wildman–Crippen LogP) is 0.730. The first-order valence-electron chi connectivity index (χ1n) is 8.03. The molecule has 1 N–H and O–H groups in total. The Balaban J connectivity index is 1.84. The highest BCUT2D eigenvalue weighted by Crippen LogP contribution is 2.12. The van der Waals surface area contributed by atoms with E-state index >= 15 is 0 Å². The van der Waals surface area contributed by atoms with Crippen LogP contribution >= 0.6 is 0 Å². The van der Waals surface area contributed by atoms with E-state index in [0.717, 1.165) is 0 Å². The molecule has 1 heterocycles. The molecule has 8 heteroatoms. The number of amides is 1. The van der Waals surface area contributed by atoms with Crippen LogP contribution in [0.4, 0.5) is 0 Å². The number of esters is 1. The molecule has 0 saturated carbocycles. The van der Waals surface area contributed by atoms with Crippen LogP contribution in [0, 0.1) is 22.7 Å². The van der Waals surface area contributed by atoms with Gasteiger partial charge in [-0.3, -0.25) is 9.59 Å². The summed E-state index contributed by atoms with van der Waals surface area (Å²) in [7, 11) is 0. The summed E-state index contributed by atoms with van der Waals surface area (Å²) >= 11 is 0. The summed E-state index contributed by atoms with van der Waals surface area (Å²) in [5.41, 5.74) is -0.130. The standard InChI is InChI=1S/C18H18N4O4/c19-11-14(12-20)13-22-7-6-21-18(24)16(22)10-17(23)26-9-8-25-15-4-2-1-3-5-15/h1-5,13,16H,6-10H2,(H,21,24). The lowest BCUT2D eigenvalue weighted by Crippen LogP contribution is -2.54. The zero-order valence-electron chi connectivity index (χ0n) is 14.1. The highest BCUT2D eigenvalue weighted by atomic mass is 16.6. The quantitative estimate of drug-likeness (QED) is 0.436. The largest absolute Gasteiger partial charge is 0.490 e. The molecule has 134 valence electrons. The number of carbonyl (C=O) groups excluding carboxylic acids is 2. The van der Waals surface area contributed by atoms with Crippen molar-refractivity contribution in [2.24, 2.45) is 0 Å². The number of piperazine rings is 1. The van der Waals surface area contributed by atoms with Gasteiger partial charge in [-0.1, -0.05) is 18.2 Å². The zero-order valence-corrected chi connectivity index (χ0v) is 14.1. The number of nitrogens with one attached hydrogen (secondary N) is 1.